The third kappa shape index (κ3) is 3.98. The Balaban J connectivity index is 1.71. The third-order valence-corrected chi connectivity index (χ3v) is 6.42. The van der Waals surface area contributed by atoms with Crippen molar-refractivity contribution in [2.24, 2.45) is 11.1 Å². The van der Waals surface area contributed by atoms with Crippen LogP contribution >= 0.6 is 0 Å². The molecule has 25 heavy (non-hydrogen) atoms. The Kier molecular flexibility index (Phi) is 5.06. The maximum atomic E-state index is 12.5. The van der Waals surface area contributed by atoms with E-state index in [1.165, 1.54) is 25.3 Å². The van der Waals surface area contributed by atoms with E-state index in [1.54, 1.807) is 12.1 Å². The molecule has 3 N–H and O–H groups in total. The molecule has 1 aliphatic heterocycles. The zero-order valence-corrected chi connectivity index (χ0v) is 15.7. The van der Waals surface area contributed by atoms with Crippen LogP contribution in [0.2, 0.25) is 0 Å². The van der Waals surface area contributed by atoms with Crippen molar-refractivity contribution in [1.29, 1.82) is 0 Å². The van der Waals surface area contributed by atoms with Gasteiger partial charge in [0.15, 0.2) is 0 Å². The van der Waals surface area contributed by atoms with Gasteiger partial charge in [-0.2, -0.15) is 0 Å². The van der Waals surface area contributed by atoms with Crippen LogP contribution in [0.4, 0.5) is 5.69 Å². The number of anilines is 1. The standard InChI is InChI=1S/C18H27N3O3S/c1-12-5-3-4-6-16(12)20-18(22)11-21-13(2)9-14-10-15(25(19,23)24)7-8-17(14)21/h7-8,10,12-13,16H,3-6,9,11H2,1-2H3,(H,20,22)(H2,19,23,24)/t12-,13-,16-/m1/s1. The highest BCUT2D eigenvalue weighted by Crippen LogP contribution is 2.33. The molecule has 1 aliphatic carbocycles. The number of fused-ring (bicyclic) bond motifs is 1. The Hall–Kier alpha value is -1.60. The summed E-state index contributed by atoms with van der Waals surface area (Å²) in [6.45, 7) is 4.55. The molecule has 0 spiro atoms. The normalized spacial score (nSPS) is 26.4. The molecule has 0 bridgehead atoms. The van der Waals surface area contributed by atoms with Crippen molar-refractivity contribution >= 4 is 21.6 Å². The second-order valence-corrected chi connectivity index (χ2v) is 9.01. The molecule has 7 heteroatoms. The van der Waals surface area contributed by atoms with E-state index in [4.69, 9.17) is 5.14 Å². The quantitative estimate of drug-likeness (QED) is 0.851. The van der Waals surface area contributed by atoms with Crippen LogP contribution in [0.1, 0.15) is 45.1 Å². The average molecular weight is 365 g/mol. The van der Waals surface area contributed by atoms with Crippen LogP contribution in [0, 0.1) is 5.92 Å². The van der Waals surface area contributed by atoms with Crippen LogP contribution in [0.3, 0.4) is 0 Å². The molecule has 1 fully saturated rings. The molecule has 6 nitrogen and oxygen atoms in total. The number of primary sulfonamides is 1. The second kappa shape index (κ2) is 6.96. The number of nitrogens with one attached hydrogen (secondary N) is 1. The van der Waals surface area contributed by atoms with Gasteiger partial charge < -0.3 is 10.2 Å². The van der Waals surface area contributed by atoms with E-state index in [2.05, 4.69) is 12.2 Å². The van der Waals surface area contributed by atoms with Crippen LogP contribution < -0.4 is 15.4 Å². The highest BCUT2D eigenvalue weighted by Gasteiger charge is 2.30. The first-order valence-electron chi connectivity index (χ1n) is 8.97. The van der Waals surface area contributed by atoms with Crippen molar-refractivity contribution in [1.82, 2.24) is 5.32 Å². The first kappa shape index (κ1) is 18.2. The SMILES string of the molecule is C[C@@H]1CCCC[C@H]1NC(=O)CN1c2ccc(S(N)(=O)=O)cc2C[C@H]1C. The molecule has 1 saturated carbocycles. The minimum absolute atomic E-state index is 0.0361. The van der Waals surface area contributed by atoms with Crippen molar-refractivity contribution in [3.05, 3.63) is 23.8 Å². The van der Waals surface area contributed by atoms with Gasteiger partial charge in [-0.15, -0.1) is 0 Å². The monoisotopic (exact) mass is 365 g/mol. The maximum Gasteiger partial charge on any atom is 0.239 e. The summed E-state index contributed by atoms with van der Waals surface area (Å²) < 4.78 is 23.1. The van der Waals surface area contributed by atoms with Crippen LogP contribution in [-0.4, -0.2) is 33.0 Å². The molecule has 0 unspecified atom stereocenters. The van der Waals surface area contributed by atoms with Crippen LogP contribution in [0.15, 0.2) is 23.1 Å². The minimum atomic E-state index is -3.71. The lowest BCUT2D eigenvalue weighted by atomic mass is 9.86. The number of hydrogen-bond acceptors (Lipinski definition) is 4. The van der Waals surface area contributed by atoms with Crippen molar-refractivity contribution in [2.45, 2.75) is 62.9 Å². The zero-order chi connectivity index (χ0) is 18.2. The number of rotatable bonds is 4. The smallest absolute Gasteiger partial charge is 0.239 e. The largest absolute Gasteiger partial charge is 0.359 e. The molecule has 1 heterocycles. The molecule has 1 aromatic carbocycles. The number of benzene rings is 1. The fourth-order valence-corrected chi connectivity index (χ4v) is 4.59. The lowest BCUT2D eigenvalue weighted by Gasteiger charge is -2.31. The van der Waals surface area contributed by atoms with Gasteiger partial charge >= 0.3 is 0 Å². The highest BCUT2D eigenvalue weighted by atomic mass is 32.2. The van der Waals surface area contributed by atoms with E-state index in [9.17, 15) is 13.2 Å². The Morgan fingerprint density at radius 1 is 1.28 bits per heavy atom. The molecule has 0 radical (unpaired) electrons. The Morgan fingerprint density at radius 3 is 2.68 bits per heavy atom. The molecule has 138 valence electrons. The Labute approximate surface area is 149 Å². The molecule has 1 aromatic rings. The van der Waals surface area contributed by atoms with Gasteiger partial charge in [0.2, 0.25) is 15.9 Å². The van der Waals surface area contributed by atoms with Gasteiger partial charge in [-0.1, -0.05) is 19.8 Å². The van der Waals surface area contributed by atoms with Crippen molar-refractivity contribution < 1.29 is 13.2 Å². The van der Waals surface area contributed by atoms with Gasteiger partial charge in [-0.3, -0.25) is 4.79 Å². The summed E-state index contributed by atoms with van der Waals surface area (Å²) in [5, 5.41) is 8.40. The predicted octanol–water partition coefficient (Wildman–Crippen LogP) is 1.78. The first-order chi connectivity index (χ1) is 11.8. The molecular weight excluding hydrogens is 338 g/mol. The number of carbonyl (C=O) groups is 1. The zero-order valence-electron chi connectivity index (χ0n) is 14.9. The molecule has 3 rings (SSSR count). The maximum absolute atomic E-state index is 12.5. The number of amides is 1. The highest BCUT2D eigenvalue weighted by molar-refractivity contribution is 7.89. The van der Waals surface area contributed by atoms with Crippen LogP contribution in [0.5, 0.6) is 0 Å². The lowest BCUT2D eigenvalue weighted by molar-refractivity contribution is -0.121. The predicted molar refractivity (Wildman–Crippen MR) is 97.9 cm³/mol. The summed E-state index contributed by atoms with van der Waals surface area (Å²) in [6, 6.07) is 5.32. The van der Waals surface area contributed by atoms with E-state index < -0.39 is 10.0 Å². The van der Waals surface area contributed by atoms with Gasteiger partial charge in [0, 0.05) is 17.8 Å². The van der Waals surface area contributed by atoms with Crippen molar-refractivity contribution in [2.75, 3.05) is 11.4 Å². The summed E-state index contributed by atoms with van der Waals surface area (Å²) in [5.74, 6) is 0.562. The number of hydrogen-bond donors (Lipinski definition) is 2. The van der Waals surface area contributed by atoms with Crippen molar-refractivity contribution in [3.8, 4) is 0 Å². The molecule has 3 atom stereocenters. The third-order valence-electron chi connectivity index (χ3n) is 5.51. The summed E-state index contributed by atoms with van der Waals surface area (Å²) in [7, 11) is -3.71. The number of carbonyl (C=O) groups excluding carboxylic acids is 1. The van der Waals surface area contributed by atoms with E-state index in [0.29, 0.717) is 18.9 Å². The van der Waals surface area contributed by atoms with Crippen molar-refractivity contribution in [3.63, 3.8) is 0 Å². The van der Waals surface area contributed by atoms with Crippen LogP contribution in [-0.2, 0) is 21.2 Å². The number of nitrogens with zero attached hydrogens (tertiary/aromatic N) is 1. The summed E-state index contributed by atoms with van der Waals surface area (Å²) in [4.78, 5) is 14.7. The lowest BCUT2D eigenvalue weighted by Crippen LogP contribution is -2.46. The minimum Gasteiger partial charge on any atom is -0.359 e. The molecule has 0 aromatic heterocycles. The second-order valence-electron chi connectivity index (χ2n) is 7.45. The first-order valence-corrected chi connectivity index (χ1v) is 10.5. The van der Waals surface area contributed by atoms with Gasteiger partial charge in [-0.25, -0.2) is 13.6 Å². The fraction of sp³-hybridized carbons (Fsp3) is 0.611. The topological polar surface area (TPSA) is 92.5 Å². The molecular formula is C18H27N3O3S. The summed E-state index contributed by atoms with van der Waals surface area (Å²) in [5.41, 5.74) is 1.85. The van der Waals surface area contributed by atoms with E-state index in [-0.39, 0.29) is 22.9 Å². The summed E-state index contributed by atoms with van der Waals surface area (Å²) in [6.07, 6.45) is 5.36. The molecule has 0 saturated heterocycles. The molecule has 1 amide bonds. The number of sulfonamides is 1. The van der Waals surface area contributed by atoms with E-state index in [1.807, 2.05) is 11.8 Å². The van der Waals surface area contributed by atoms with E-state index >= 15 is 0 Å². The summed E-state index contributed by atoms with van der Waals surface area (Å²) >= 11 is 0. The Bertz CT molecular complexity index is 763. The fourth-order valence-electron chi connectivity index (χ4n) is 4.03. The Morgan fingerprint density at radius 2 is 2.00 bits per heavy atom. The van der Waals surface area contributed by atoms with Gasteiger partial charge in [-0.05, 0) is 55.9 Å². The molecule has 2 aliphatic rings. The van der Waals surface area contributed by atoms with E-state index in [0.717, 1.165) is 17.7 Å². The van der Waals surface area contributed by atoms with Gasteiger partial charge in [0.05, 0.1) is 11.4 Å². The number of nitrogens with two attached hydrogens (primary N) is 1. The van der Waals surface area contributed by atoms with Gasteiger partial charge in [0.25, 0.3) is 0 Å². The van der Waals surface area contributed by atoms with Crippen LogP contribution in [0.25, 0.3) is 0 Å². The average Bonchev–Trinajstić information content (AvgIpc) is 2.84. The van der Waals surface area contributed by atoms with Gasteiger partial charge in [0.1, 0.15) is 0 Å².